The second kappa shape index (κ2) is 5.20. The van der Waals surface area contributed by atoms with E-state index in [1.54, 1.807) is 0 Å². The van der Waals surface area contributed by atoms with E-state index in [9.17, 15) is 0 Å². The number of rotatable bonds is 1. The third-order valence-electron chi connectivity index (χ3n) is 5.19. The summed E-state index contributed by atoms with van der Waals surface area (Å²) in [4.78, 5) is 0. The molecule has 26 heavy (non-hydrogen) atoms. The van der Waals surface area contributed by atoms with E-state index in [2.05, 4.69) is 95.6 Å². The highest BCUT2D eigenvalue weighted by molar-refractivity contribution is 7.25. The summed E-state index contributed by atoms with van der Waals surface area (Å²) in [5.41, 5.74) is 3.74. The lowest BCUT2D eigenvalue weighted by molar-refractivity contribution is 1.18. The van der Waals surface area contributed by atoms with Gasteiger partial charge in [-0.05, 0) is 36.4 Å². The van der Waals surface area contributed by atoms with Gasteiger partial charge in [-0.25, -0.2) is 0 Å². The van der Waals surface area contributed by atoms with E-state index in [0.29, 0.717) is 0 Å². The van der Waals surface area contributed by atoms with Crippen molar-refractivity contribution >= 4 is 53.3 Å². The fourth-order valence-corrected chi connectivity index (χ4v) is 5.17. The molecule has 122 valence electrons. The minimum Gasteiger partial charge on any atom is -0.309 e. The van der Waals surface area contributed by atoms with Crippen molar-refractivity contribution in [2.24, 2.45) is 0 Å². The molecule has 0 aliphatic heterocycles. The van der Waals surface area contributed by atoms with Gasteiger partial charge in [0.2, 0.25) is 0 Å². The predicted molar refractivity (Wildman–Crippen MR) is 114 cm³/mol. The van der Waals surface area contributed by atoms with E-state index < -0.39 is 0 Å². The maximum absolute atomic E-state index is 2.39. The van der Waals surface area contributed by atoms with Crippen LogP contribution >= 0.6 is 11.3 Å². The molecular formula is C24H15NS. The SMILES string of the molecule is c1ccc(-n2c3ccccc3c3cc4sc5ccccc5c4cc32)cc1. The smallest absolute Gasteiger partial charge is 0.0548 e. The Morgan fingerprint density at radius 2 is 1.23 bits per heavy atom. The van der Waals surface area contributed by atoms with Crippen molar-refractivity contribution in [3.8, 4) is 5.69 Å². The summed E-state index contributed by atoms with van der Waals surface area (Å²) in [6.07, 6.45) is 0. The van der Waals surface area contributed by atoms with Crippen molar-refractivity contribution in [2.75, 3.05) is 0 Å². The van der Waals surface area contributed by atoms with Gasteiger partial charge in [0.1, 0.15) is 0 Å². The van der Waals surface area contributed by atoms with Gasteiger partial charge >= 0.3 is 0 Å². The zero-order valence-corrected chi connectivity index (χ0v) is 14.8. The molecular weight excluding hydrogens is 334 g/mol. The average molecular weight is 349 g/mol. The summed E-state index contributed by atoms with van der Waals surface area (Å²) < 4.78 is 5.09. The van der Waals surface area contributed by atoms with Gasteiger partial charge in [0.25, 0.3) is 0 Å². The van der Waals surface area contributed by atoms with Gasteiger partial charge in [0, 0.05) is 36.6 Å². The van der Waals surface area contributed by atoms with Crippen LogP contribution in [-0.4, -0.2) is 4.57 Å². The van der Waals surface area contributed by atoms with E-state index >= 15 is 0 Å². The Balaban J connectivity index is 1.86. The lowest BCUT2D eigenvalue weighted by Gasteiger charge is -2.07. The Kier molecular flexibility index (Phi) is 2.82. The van der Waals surface area contributed by atoms with Crippen molar-refractivity contribution < 1.29 is 0 Å². The van der Waals surface area contributed by atoms with Crippen LogP contribution in [0.25, 0.3) is 47.7 Å². The Bertz CT molecular complexity index is 1420. The Labute approximate surface area is 154 Å². The lowest BCUT2D eigenvalue weighted by atomic mass is 10.1. The van der Waals surface area contributed by atoms with Crippen LogP contribution in [0, 0.1) is 0 Å². The molecule has 2 heteroatoms. The first-order valence-electron chi connectivity index (χ1n) is 8.80. The van der Waals surface area contributed by atoms with Gasteiger partial charge in [0.15, 0.2) is 0 Å². The summed E-state index contributed by atoms with van der Waals surface area (Å²) in [5.74, 6) is 0. The minimum absolute atomic E-state index is 1.21. The number of benzene rings is 4. The highest BCUT2D eigenvalue weighted by Gasteiger charge is 2.14. The Morgan fingerprint density at radius 1 is 0.500 bits per heavy atom. The van der Waals surface area contributed by atoms with Crippen LogP contribution in [0.15, 0.2) is 91.0 Å². The van der Waals surface area contributed by atoms with Crippen LogP contribution in [-0.2, 0) is 0 Å². The zero-order valence-electron chi connectivity index (χ0n) is 14.0. The monoisotopic (exact) mass is 349 g/mol. The fourth-order valence-electron chi connectivity index (χ4n) is 4.04. The first-order chi connectivity index (χ1) is 12.9. The molecule has 0 unspecified atom stereocenters. The van der Waals surface area contributed by atoms with Crippen LogP contribution in [0.5, 0.6) is 0 Å². The molecule has 0 radical (unpaired) electrons. The van der Waals surface area contributed by atoms with Gasteiger partial charge in [-0.2, -0.15) is 0 Å². The van der Waals surface area contributed by atoms with E-state index in [1.165, 1.54) is 47.7 Å². The summed E-state index contributed by atoms with van der Waals surface area (Å²) in [6, 6.07) is 32.8. The molecule has 0 saturated carbocycles. The molecule has 0 atom stereocenters. The van der Waals surface area contributed by atoms with Gasteiger partial charge in [-0.3, -0.25) is 0 Å². The van der Waals surface area contributed by atoms with Crippen molar-refractivity contribution in [2.45, 2.75) is 0 Å². The van der Waals surface area contributed by atoms with Crippen molar-refractivity contribution in [3.63, 3.8) is 0 Å². The first kappa shape index (κ1) is 14.1. The molecule has 0 aliphatic carbocycles. The number of nitrogens with zero attached hydrogens (tertiary/aromatic N) is 1. The Hall–Kier alpha value is -3.10. The lowest BCUT2D eigenvalue weighted by Crippen LogP contribution is -1.92. The number of hydrogen-bond donors (Lipinski definition) is 0. The number of aromatic nitrogens is 1. The summed E-state index contributed by atoms with van der Waals surface area (Å²) in [7, 11) is 0. The number of fused-ring (bicyclic) bond motifs is 6. The van der Waals surface area contributed by atoms with Crippen LogP contribution in [0.2, 0.25) is 0 Å². The quantitative estimate of drug-likeness (QED) is 0.297. The van der Waals surface area contributed by atoms with E-state index in [0.717, 1.165) is 0 Å². The highest BCUT2D eigenvalue weighted by atomic mass is 32.1. The predicted octanol–water partition coefficient (Wildman–Crippen LogP) is 7.15. The molecule has 6 aromatic rings. The molecule has 4 aromatic carbocycles. The zero-order chi connectivity index (χ0) is 17.1. The van der Waals surface area contributed by atoms with E-state index in [4.69, 9.17) is 0 Å². The fraction of sp³-hybridized carbons (Fsp3) is 0. The van der Waals surface area contributed by atoms with Gasteiger partial charge in [0.05, 0.1) is 11.0 Å². The van der Waals surface area contributed by atoms with Crippen LogP contribution in [0.4, 0.5) is 0 Å². The van der Waals surface area contributed by atoms with Crippen LogP contribution in [0.1, 0.15) is 0 Å². The highest BCUT2D eigenvalue weighted by Crippen LogP contribution is 2.40. The molecule has 0 amide bonds. The van der Waals surface area contributed by atoms with Gasteiger partial charge in [-0.15, -0.1) is 11.3 Å². The first-order valence-corrected chi connectivity index (χ1v) is 9.62. The molecule has 1 nitrogen and oxygen atoms in total. The Morgan fingerprint density at radius 3 is 2.12 bits per heavy atom. The average Bonchev–Trinajstić information content (AvgIpc) is 3.22. The molecule has 0 aliphatic rings. The molecule has 0 spiro atoms. The second-order valence-corrected chi connectivity index (χ2v) is 7.74. The third-order valence-corrected chi connectivity index (χ3v) is 6.32. The largest absolute Gasteiger partial charge is 0.309 e. The number of thiophene rings is 1. The number of hydrogen-bond acceptors (Lipinski definition) is 1. The normalized spacial score (nSPS) is 11.8. The summed E-state index contributed by atoms with van der Waals surface area (Å²) in [6.45, 7) is 0. The molecule has 6 rings (SSSR count). The molecule has 0 bridgehead atoms. The molecule has 0 N–H and O–H groups in total. The molecule has 0 fully saturated rings. The second-order valence-electron chi connectivity index (χ2n) is 6.65. The maximum atomic E-state index is 2.39. The molecule has 2 aromatic heterocycles. The molecule has 0 saturated heterocycles. The maximum Gasteiger partial charge on any atom is 0.0548 e. The number of para-hydroxylation sites is 2. The third kappa shape index (κ3) is 1.85. The van der Waals surface area contributed by atoms with Gasteiger partial charge in [-0.1, -0.05) is 54.6 Å². The van der Waals surface area contributed by atoms with Crippen molar-refractivity contribution in [1.82, 2.24) is 4.57 Å². The van der Waals surface area contributed by atoms with Crippen LogP contribution < -0.4 is 0 Å². The van der Waals surface area contributed by atoms with E-state index in [-0.39, 0.29) is 0 Å². The summed E-state index contributed by atoms with van der Waals surface area (Å²) in [5, 5.41) is 5.33. The molecule has 2 heterocycles. The standard InChI is InChI=1S/C24H15NS/c1-2-8-16(9-3-1)25-21-12-6-4-10-17(21)19-15-24-20(14-22(19)25)18-11-5-7-13-23(18)26-24/h1-15H. The van der Waals surface area contributed by atoms with Gasteiger partial charge < -0.3 is 4.57 Å². The summed E-state index contributed by atoms with van der Waals surface area (Å²) >= 11 is 1.88. The minimum atomic E-state index is 1.21. The topological polar surface area (TPSA) is 4.93 Å². The van der Waals surface area contributed by atoms with Crippen molar-refractivity contribution in [3.05, 3.63) is 91.0 Å². The van der Waals surface area contributed by atoms with E-state index in [1.807, 2.05) is 11.3 Å². The van der Waals surface area contributed by atoms with Crippen molar-refractivity contribution in [1.29, 1.82) is 0 Å². The van der Waals surface area contributed by atoms with Crippen LogP contribution in [0.3, 0.4) is 0 Å².